The lowest BCUT2D eigenvalue weighted by atomic mass is 10.3. The van der Waals surface area contributed by atoms with Gasteiger partial charge in [0.25, 0.3) is 0 Å². The normalized spacial score (nSPS) is 17.1. The zero-order valence-corrected chi connectivity index (χ0v) is 15.5. The number of aromatic nitrogens is 1. The van der Waals surface area contributed by atoms with Crippen LogP contribution in [-0.4, -0.2) is 53.8 Å². The van der Waals surface area contributed by atoms with E-state index < -0.39 is 0 Å². The van der Waals surface area contributed by atoms with E-state index in [0.717, 1.165) is 37.9 Å². The van der Waals surface area contributed by atoms with E-state index in [1.54, 1.807) is 11.3 Å². The van der Waals surface area contributed by atoms with Crippen molar-refractivity contribution in [2.75, 3.05) is 37.6 Å². The third kappa shape index (κ3) is 4.64. The van der Waals surface area contributed by atoms with E-state index in [2.05, 4.69) is 51.0 Å². The summed E-state index contributed by atoms with van der Waals surface area (Å²) in [5.74, 6) is 0.661. The lowest BCUT2D eigenvalue weighted by Gasteiger charge is -2.35. The maximum absolute atomic E-state index is 6.19. The second-order valence-electron chi connectivity index (χ2n) is 5.73. The molecule has 0 bridgehead atoms. The smallest absolute Gasteiger partial charge is 0.191 e. The molecule has 1 aliphatic rings. The first-order chi connectivity index (χ1) is 11.7. The molecule has 2 N–H and O–H groups in total. The zero-order valence-electron chi connectivity index (χ0n) is 13.8. The van der Waals surface area contributed by atoms with Crippen LogP contribution < -0.4 is 10.6 Å². The van der Waals surface area contributed by atoms with Crippen molar-refractivity contribution in [3.63, 3.8) is 0 Å². The molecule has 2 heterocycles. The van der Waals surface area contributed by atoms with E-state index in [9.17, 15) is 0 Å². The molecule has 0 amide bonds. The molecule has 0 radical (unpaired) electrons. The molecule has 128 valence electrons. The molecule has 7 heteroatoms. The Morgan fingerprint density at radius 2 is 2.04 bits per heavy atom. The molecule has 5 nitrogen and oxygen atoms in total. The average Bonchev–Trinajstić information content (AvgIpc) is 3.15. The molecule has 1 aliphatic heterocycles. The van der Waals surface area contributed by atoms with Crippen molar-refractivity contribution in [3.05, 3.63) is 41.9 Å². The maximum atomic E-state index is 6.19. The van der Waals surface area contributed by atoms with Crippen LogP contribution in [0.4, 0.5) is 5.13 Å². The van der Waals surface area contributed by atoms with Crippen LogP contribution in [-0.2, 0) is 0 Å². The molecule has 24 heavy (non-hydrogen) atoms. The second-order valence-corrected chi connectivity index (χ2v) is 8.11. The summed E-state index contributed by atoms with van der Waals surface area (Å²) in [5, 5.41) is 3.52. The predicted octanol–water partition coefficient (Wildman–Crippen LogP) is 2.76. The van der Waals surface area contributed by atoms with Gasteiger partial charge < -0.3 is 15.5 Å². The molecule has 0 spiro atoms. The van der Waals surface area contributed by atoms with Crippen LogP contribution in [0.1, 0.15) is 6.92 Å². The van der Waals surface area contributed by atoms with Crippen LogP contribution in [0, 0.1) is 0 Å². The monoisotopic (exact) mass is 361 g/mol. The molecule has 3 rings (SSSR count). The van der Waals surface area contributed by atoms with Crippen molar-refractivity contribution < 1.29 is 0 Å². The number of guanidine groups is 1. The summed E-state index contributed by atoms with van der Waals surface area (Å²) in [7, 11) is 0. The molecule has 1 atom stereocenters. The van der Waals surface area contributed by atoms with Gasteiger partial charge >= 0.3 is 0 Å². The summed E-state index contributed by atoms with van der Waals surface area (Å²) in [6.07, 6.45) is 1.86. The van der Waals surface area contributed by atoms with Crippen LogP contribution in [0.15, 0.2) is 51.8 Å². The Hall–Kier alpha value is -1.73. The Morgan fingerprint density at radius 3 is 2.71 bits per heavy atom. The Morgan fingerprint density at radius 1 is 1.29 bits per heavy atom. The number of thioether (sulfide) groups is 1. The van der Waals surface area contributed by atoms with E-state index in [4.69, 9.17) is 5.73 Å². The fourth-order valence-electron chi connectivity index (χ4n) is 2.59. The van der Waals surface area contributed by atoms with Gasteiger partial charge in [0.15, 0.2) is 11.1 Å². The van der Waals surface area contributed by atoms with Gasteiger partial charge in [-0.1, -0.05) is 25.1 Å². The molecule has 2 aromatic rings. The van der Waals surface area contributed by atoms with Crippen molar-refractivity contribution in [1.29, 1.82) is 0 Å². The van der Waals surface area contributed by atoms with Crippen molar-refractivity contribution in [1.82, 2.24) is 9.88 Å². The predicted molar refractivity (Wildman–Crippen MR) is 104 cm³/mol. The largest absolute Gasteiger partial charge is 0.370 e. The second kappa shape index (κ2) is 8.39. The van der Waals surface area contributed by atoms with Gasteiger partial charge in [-0.25, -0.2) is 4.98 Å². The quantitative estimate of drug-likeness (QED) is 0.504. The highest BCUT2D eigenvalue weighted by atomic mass is 32.2. The van der Waals surface area contributed by atoms with E-state index in [1.807, 2.05) is 29.4 Å². The Labute approximate surface area is 151 Å². The Bertz CT molecular complexity index is 636. The third-order valence-electron chi connectivity index (χ3n) is 3.88. The number of nitrogens with two attached hydrogens (primary N) is 1. The Balaban J connectivity index is 1.46. The average molecular weight is 362 g/mol. The highest BCUT2D eigenvalue weighted by Crippen LogP contribution is 2.23. The van der Waals surface area contributed by atoms with Crippen LogP contribution in [0.5, 0.6) is 0 Å². The molecule has 0 saturated carbocycles. The number of hydrogen-bond donors (Lipinski definition) is 1. The number of benzene rings is 1. The fourth-order valence-corrected chi connectivity index (χ4v) is 4.21. The number of rotatable bonds is 5. The number of anilines is 1. The van der Waals surface area contributed by atoms with Gasteiger partial charge in [0, 0.05) is 47.9 Å². The lowest BCUT2D eigenvalue weighted by molar-refractivity contribution is 0.380. The summed E-state index contributed by atoms with van der Waals surface area (Å²) in [5.41, 5.74) is 6.19. The van der Waals surface area contributed by atoms with Crippen molar-refractivity contribution in [3.8, 4) is 0 Å². The van der Waals surface area contributed by atoms with E-state index in [1.165, 1.54) is 4.90 Å². The molecule has 1 aromatic heterocycles. The van der Waals surface area contributed by atoms with Crippen molar-refractivity contribution in [2.24, 2.45) is 10.7 Å². The van der Waals surface area contributed by atoms with Crippen LogP contribution >= 0.6 is 23.1 Å². The van der Waals surface area contributed by atoms with E-state index in [-0.39, 0.29) is 0 Å². The molecule has 0 aliphatic carbocycles. The summed E-state index contributed by atoms with van der Waals surface area (Å²) in [6, 6.07) is 10.4. The van der Waals surface area contributed by atoms with Gasteiger partial charge in [0.05, 0.1) is 6.54 Å². The third-order valence-corrected chi connectivity index (χ3v) is 5.81. The highest BCUT2D eigenvalue weighted by molar-refractivity contribution is 8.00. The van der Waals surface area contributed by atoms with Crippen LogP contribution in [0.25, 0.3) is 0 Å². The topological polar surface area (TPSA) is 57.8 Å². The molecule has 1 unspecified atom stereocenters. The van der Waals surface area contributed by atoms with Crippen LogP contribution in [0.3, 0.4) is 0 Å². The lowest BCUT2D eigenvalue weighted by Crippen LogP contribution is -2.51. The number of nitrogens with zero attached hydrogens (tertiary/aromatic N) is 4. The van der Waals surface area contributed by atoms with Gasteiger partial charge in [-0.05, 0) is 12.1 Å². The van der Waals surface area contributed by atoms with Gasteiger partial charge in [0.1, 0.15) is 0 Å². The SMILES string of the molecule is CC(CN=C(N)N1CCN(c2nccs2)CC1)Sc1ccccc1. The maximum Gasteiger partial charge on any atom is 0.191 e. The van der Waals surface area contributed by atoms with Crippen LogP contribution in [0.2, 0.25) is 0 Å². The fraction of sp³-hybridized carbons (Fsp3) is 0.412. The highest BCUT2D eigenvalue weighted by Gasteiger charge is 2.19. The number of aliphatic imine (C=N–C) groups is 1. The van der Waals surface area contributed by atoms with Gasteiger partial charge in [-0.2, -0.15) is 0 Å². The van der Waals surface area contributed by atoms with Gasteiger partial charge in [-0.3, -0.25) is 4.99 Å². The summed E-state index contributed by atoms with van der Waals surface area (Å²) in [6.45, 7) is 6.60. The zero-order chi connectivity index (χ0) is 16.8. The number of piperazine rings is 1. The molecule has 1 saturated heterocycles. The minimum Gasteiger partial charge on any atom is -0.370 e. The first kappa shape index (κ1) is 17.1. The van der Waals surface area contributed by atoms with E-state index in [0.29, 0.717) is 11.2 Å². The minimum atomic E-state index is 0.405. The summed E-state index contributed by atoms with van der Waals surface area (Å²) in [4.78, 5) is 14.7. The number of thiazole rings is 1. The van der Waals surface area contributed by atoms with Crippen molar-refractivity contribution in [2.45, 2.75) is 17.1 Å². The number of hydrogen-bond acceptors (Lipinski definition) is 5. The molecular formula is C17H23N5S2. The minimum absolute atomic E-state index is 0.405. The van der Waals surface area contributed by atoms with E-state index >= 15 is 0 Å². The molecular weight excluding hydrogens is 338 g/mol. The molecule has 1 aromatic carbocycles. The summed E-state index contributed by atoms with van der Waals surface area (Å²) < 4.78 is 0. The van der Waals surface area contributed by atoms with Crippen molar-refractivity contribution >= 4 is 34.2 Å². The van der Waals surface area contributed by atoms with Gasteiger partial charge in [-0.15, -0.1) is 23.1 Å². The standard InChI is InChI=1S/C17H23N5S2/c1-14(24-15-5-3-2-4-6-15)13-20-16(18)21-8-10-22(11-9-21)17-19-7-12-23-17/h2-7,12,14H,8-11,13H2,1H3,(H2,18,20). The first-order valence-corrected chi connectivity index (χ1v) is 9.89. The summed E-state index contributed by atoms with van der Waals surface area (Å²) >= 11 is 3.52. The first-order valence-electron chi connectivity index (χ1n) is 8.13. The Kier molecular flexibility index (Phi) is 5.98. The van der Waals surface area contributed by atoms with Gasteiger partial charge in [0.2, 0.25) is 0 Å². The molecule has 1 fully saturated rings.